The van der Waals surface area contributed by atoms with Crippen LogP contribution in [0.15, 0.2) is 24.3 Å². The first-order valence-electron chi connectivity index (χ1n) is 4.38. The van der Waals surface area contributed by atoms with E-state index in [-0.39, 0.29) is 11.2 Å². The minimum absolute atomic E-state index is 0.0977. The molecule has 0 fully saturated rings. The normalized spacial score (nSPS) is 10.5. The zero-order valence-corrected chi connectivity index (χ0v) is 7.99. The van der Waals surface area contributed by atoms with Gasteiger partial charge in [-0.3, -0.25) is 0 Å². The lowest BCUT2D eigenvalue weighted by Gasteiger charge is -2.01. The summed E-state index contributed by atoms with van der Waals surface area (Å²) in [6.07, 6.45) is 0. The zero-order chi connectivity index (χ0) is 11.0. The molecule has 1 N–H and O–H groups in total. The number of fused-ring (bicyclic) bond motifs is 1. The summed E-state index contributed by atoms with van der Waals surface area (Å²) in [4.78, 5) is 14.4. The van der Waals surface area contributed by atoms with Crippen molar-refractivity contribution >= 4 is 16.9 Å². The second-order valence-electron chi connectivity index (χ2n) is 3.32. The molecule has 0 aliphatic heterocycles. The molecule has 1 heterocycles. The van der Waals surface area contributed by atoms with Gasteiger partial charge in [0.15, 0.2) is 0 Å². The summed E-state index contributed by atoms with van der Waals surface area (Å²) in [6, 6.07) is 6.02. The van der Waals surface area contributed by atoms with Crippen molar-refractivity contribution in [3.63, 3.8) is 0 Å². The van der Waals surface area contributed by atoms with Crippen LogP contribution in [0.4, 0.5) is 4.39 Å². The number of pyridine rings is 1. The van der Waals surface area contributed by atoms with E-state index < -0.39 is 11.8 Å². The minimum Gasteiger partial charge on any atom is -0.477 e. The van der Waals surface area contributed by atoms with Crippen LogP contribution in [-0.4, -0.2) is 16.1 Å². The fourth-order valence-corrected chi connectivity index (χ4v) is 1.45. The van der Waals surface area contributed by atoms with Gasteiger partial charge < -0.3 is 5.11 Å². The van der Waals surface area contributed by atoms with Crippen molar-refractivity contribution in [2.24, 2.45) is 0 Å². The van der Waals surface area contributed by atoms with E-state index in [4.69, 9.17) is 5.11 Å². The molecule has 0 amide bonds. The fraction of sp³-hybridized carbons (Fsp3) is 0.0909. The molecule has 0 bridgehead atoms. The highest BCUT2D eigenvalue weighted by Crippen LogP contribution is 2.18. The lowest BCUT2D eigenvalue weighted by molar-refractivity contribution is 0.0691. The van der Waals surface area contributed by atoms with E-state index in [1.54, 1.807) is 19.1 Å². The van der Waals surface area contributed by atoms with Crippen molar-refractivity contribution in [3.8, 4) is 0 Å². The molecule has 3 nitrogen and oxygen atoms in total. The van der Waals surface area contributed by atoms with Gasteiger partial charge in [0.25, 0.3) is 0 Å². The van der Waals surface area contributed by atoms with Crippen LogP contribution >= 0.6 is 0 Å². The van der Waals surface area contributed by atoms with Crippen LogP contribution in [0, 0.1) is 12.7 Å². The topological polar surface area (TPSA) is 50.2 Å². The van der Waals surface area contributed by atoms with Gasteiger partial charge in [-0.15, -0.1) is 0 Å². The van der Waals surface area contributed by atoms with Crippen LogP contribution in [-0.2, 0) is 0 Å². The molecule has 4 heteroatoms. The standard InChI is InChI=1S/C11H8FNO2/c1-6-4-7-2-3-9(11(14)15)13-10(7)8(12)5-6/h2-5H,1H3,(H,14,15). The Morgan fingerprint density at radius 2 is 2.13 bits per heavy atom. The molecule has 0 spiro atoms. The average molecular weight is 205 g/mol. The number of hydrogen-bond acceptors (Lipinski definition) is 2. The van der Waals surface area contributed by atoms with Crippen LogP contribution in [0.5, 0.6) is 0 Å². The lowest BCUT2D eigenvalue weighted by atomic mass is 10.1. The highest BCUT2D eigenvalue weighted by molar-refractivity contribution is 5.90. The summed E-state index contributed by atoms with van der Waals surface area (Å²) >= 11 is 0. The first-order chi connectivity index (χ1) is 7.08. The molecule has 0 unspecified atom stereocenters. The van der Waals surface area contributed by atoms with Gasteiger partial charge >= 0.3 is 5.97 Å². The predicted molar refractivity (Wildman–Crippen MR) is 53.4 cm³/mol. The van der Waals surface area contributed by atoms with Gasteiger partial charge in [0.1, 0.15) is 17.0 Å². The zero-order valence-electron chi connectivity index (χ0n) is 7.99. The Bertz CT molecular complexity index is 552. The maximum Gasteiger partial charge on any atom is 0.354 e. The number of rotatable bonds is 1. The maximum absolute atomic E-state index is 13.4. The average Bonchev–Trinajstić information content (AvgIpc) is 2.16. The second-order valence-corrected chi connectivity index (χ2v) is 3.32. The van der Waals surface area contributed by atoms with Crippen LogP contribution in [0.2, 0.25) is 0 Å². The third kappa shape index (κ3) is 1.66. The van der Waals surface area contributed by atoms with Crippen molar-refractivity contribution < 1.29 is 14.3 Å². The van der Waals surface area contributed by atoms with Crippen LogP contribution in [0.3, 0.4) is 0 Å². The van der Waals surface area contributed by atoms with Crippen molar-refractivity contribution in [3.05, 3.63) is 41.3 Å². The number of nitrogens with zero attached hydrogens (tertiary/aromatic N) is 1. The van der Waals surface area contributed by atoms with Crippen molar-refractivity contribution in [1.29, 1.82) is 0 Å². The molecular formula is C11H8FNO2. The van der Waals surface area contributed by atoms with Crippen LogP contribution in [0.25, 0.3) is 10.9 Å². The third-order valence-electron chi connectivity index (χ3n) is 2.11. The van der Waals surface area contributed by atoms with Gasteiger partial charge in [-0.1, -0.05) is 6.07 Å². The Morgan fingerprint density at radius 1 is 1.40 bits per heavy atom. The number of carboxylic acids is 1. The largest absolute Gasteiger partial charge is 0.477 e. The van der Waals surface area contributed by atoms with Crippen molar-refractivity contribution in [2.75, 3.05) is 0 Å². The first-order valence-corrected chi connectivity index (χ1v) is 4.38. The molecule has 0 radical (unpaired) electrons. The summed E-state index contributed by atoms with van der Waals surface area (Å²) in [5.74, 6) is -1.65. The summed E-state index contributed by atoms with van der Waals surface area (Å²) in [6.45, 7) is 1.77. The number of carbonyl (C=O) groups is 1. The Labute approximate surface area is 85.2 Å². The monoisotopic (exact) mass is 205 g/mol. The maximum atomic E-state index is 13.4. The highest BCUT2D eigenvalue weighted by Gasteiger charge is 2.08. The molecule has 0 aliphatic rings. The number of aromatic carboxylic acids is 1. The smallest absolute Gasteiger partial charge is 0.354 e. The number of hydrogen-bond donors (Lipinski definition) is 1. The molecule has 15 heavy (non-hydrogen) atoms. The van der Waals surface area contributed by atoms with Gasteiger partial charge in [-0.2, -0.15) is 0 Å². The summed E-state index contributed by atoms with van der Waals surface area (Å²) in [5.41, 5.74) is 0.732. The summed E-state index contributed by atoms with van der Waals surface area (Å²) in [5, 5.41) is 9.31. The third-order valence-corrected chi connectivity index (χ3v) is 2.11. The molecule has 0 atom stereocenters. The molecule has 1 aromatic carbocycles. The Kier molecular flexibility index (Phi) is 2.11. The van der Waals surface area contributed by atoms with Crippen LogP contribution in [0.1, 0.15) is 16.1 Å². The van der Waals surface area contributed by atoms with E-state index >= 15 is 0 Å². The molecule has 76 valence electrons. The second kappa shape index (κ2) is 3.31. The van der Waals surface area contributed by atoms with Gasteiger partial charge in [0.2, 0.25) is 0 Å². The minimum atomic E-state index is -1.16. The van der Waals surface area contributed by atoms with Gasteiger partial charge in [0.05, 0.1) is 0 Å². The first kappa shape index (κ1) is 9.58. The predicted octanol–water partition coefficient (Wildman–Crippen LogP) is 2.38. The van der Waals surface area contributed by atoms with E-state index in [0.717, 1.165) is 5.56 Å². The molecule has 0 aliphatic carbocycles. The Balaban J connectivity index is 2.76. The molecule has 0 saturated carbocycles. The quantitative estimate of drug-likeness (QED) is 0.777. The SMILES string of the molecule is Cc1cc(F)c2nc(C(=O)O)ccc2c1. The number of aryl methyl sites for hydroxylation is 1. The van der Waals surface area contributed by atoms with E-state index in [1.807, 2.05) is 0 Å². The molecule has 2 aromatic rings. The molecular weight excluding hydrogens is 197 g/mol. The van der Waals surface area contributed by atoms with E-state index in [0.29, 0.717) is 5.39 Å². The molecule has 0 saturated heterocycles. The van der Waals surface area contributed by atoms with Gasteiger partial charge in [-0.05, 0) is 30.7 Å². The van der Waals surface area contributed by atoms with E-state index in [2.05, 4.69) is 4.98 Å². The number of halogens is 1. The van der Waals surface area contributed by atoms with Gasteiger partial charge in [0, 0.05) is 5.39 Å². The number of benzene rings is 1. The number of aromatic nitrogens is 1. The van der Waals surface area contributed by atoms with E-state index in [1.165, 1.54) is 12.1 Å². The lowest BCUT2D eigenvalue weighted by Crippen LogP contribution is -2.00. The molecule has 2 rings (SSSR count). The Hall–Kier alpha value is -1.97. The Morgan fingerprint density at radius 3 is 2.80 bits per heavy atom. The summed E-state index contributed by atoms with van der Waals surface area (Å²) in [7, 11) is 0. The number of carboxylic acid groups (broad SMARTS) is 1. The molecule has 1 aromatic heterocycles. The summed E-state index contributed by atoms with van der Waals surface area (Å²) < 4.78 is 13.4. The van der Waals surface area contributed by atoms with E-state index in [9.17, 15) is 9.18 Å². The van der Waals surface area contributed by atoms with Crippen molar-refractivity contribution in [2.45, 2.75) is 6.92 Å². The fourth-order valence-electron chi connectivity index (χ4n) is 1.45. The highest BCUT2D eigenvalue weighted by atomic mass is 19.1. The van der Waals surface area contributed by atoms with Crippen molar-refractivity contribution in [1.82, 2.24) is 4.98 Å². The van der Waals surface area contributed by atoms with Crippen LogP contribution < -0.4 is 0 Å². The van der Waals surface area contributed by atoms with Gasteiger partial charge in [-0.25, -0.2) is 14.2 Å².